The molecule has 0 aliphatic heterocycles. The quantitative estimate of drug-likeness (QED) is 0.738. The lowest BCUT2D eigenvalue weighted by atomic mass is 10.1. The van der Waals surface area contributed by atoms with Crippen LogP contribution in [0.25, 0.3) is 0 Å². The fourth-order valence-electron chi connectivity index (χ4n) is 2.13. The van der Waals surface area contributed by atoms with Crippen molar-refractivity contribution in [3.05, 3.63) is 84.2 Å². The zero-order valence-electron chi connectivity index (χ0n) is 12.8. The van der Waals surface area contributed by atoms with E-state index < -0.39 is 5.97 Å². The van der Waals surface area contributed by atoms with Crippen molar-refractivity contribution in [3.63, 3.8) is 0 Å². The van der Waals surface area contributed by atoms with Crippen LogP contribution in [0.3, 0.4) is 0 Å². The number of benzene rings is 2. The van der Waals surface area contributed by atoms with Gasteiger partial charge in [-0.2, -0.15) is 0 Å². The molecule has 3 aromatic rings. The summed E-state index contributed by atoms with van der Waals surface area (Å²) >= 11 is 0. The maximum absolute atomic E-state index is 11.4. The van der Waals surface area contributed by atoms with Gasteiger partial charge in [-0.15, -0.1) is 0 Å². The molecule has 1 N–H and O–H groups in total. The molecule has 0 saturated heterocycles. The second-order valence-electron chi connectivity index (χ2n) is 5.03. The first-order valence-corrected chi connectivity index (χ1v) is 7.34. The molecule has 24 heavy (non-hydrogen) atoms. The minimum absolute atomic E-state index is 0.101. The van der Waals surface area contributed by atoms with Gasteiger partial charge in [0.2, 0.25) is 0 Å². The summed E-state index contributed by atoms with van der Waals surface area (Å²) in [5.74, 6) is 0.456. The van der Waals surface area contributed by atoms with Gasteiger partial charge in [-0.25, -0.2) is 4.79 Å². The fourth-order valence-corrected chi connectivity index (χ4v) is 2.13. The van der Waals surface area contributed by atoms with E-state index in [0.717, 1.165) is 5.56 Å². The third-order valence-electron chi connectivity index (χ3n) is 3.29. The van der Waals surface area contributed by atoms with Gasteiger partial charge in [-0.3, -0.25) is 4.98 Å². The molecular weight excluding hydrogens is 306 g/mol. The van der Waals surface area contributed by atoms with Crippen molar-refractivity contribution in [1.82, 2.24) is 4.98 Å². The van der Waals surface area contributed by atoms with Crippen molar-refractivity contribution in [2.75, 3.05) is 0 Å². The van der Waals surface area contributed by atoms with E-state index in [1.807, 2.05) is 18.2 Å². The Labute approximate surface area is 139 Å². The molecule has 2 aromatic carbocycles. The third-order valence-corrected chi connectivity index (χ3v) is 3.29. The predicted octanol–water partition coefficient (Wildman–Crippen LogP) is 4.15. The summed E-state index contributed by atoms with van der Waals surface area (Å²) < 4.78 is 11.3. The molecule has 0 saturated carbocycles. The molecule has 3 rings (SSSR count). The normalized spacial score (nSPS) is 10.2. The molecule has 5 nitrogen and oxygen atoms in total. The van der Waals surface area contributed by atoms with Crippen LogP contribution in [0.2, 0.25) is 0 Å². The average Bonchev–Trinajstić information content (AvgIpc) is 2.62. The van der Waals surface area contributed by atoms with Crippen LogP contribution in [0.4, 0.5) is 0 Å². The Bertz CT molecular complexity index is 819. The Hall–Kier alpha value is -3.34. The van der Waals surface area contributed by atoms with Gasteiger partial charge in [0.1, 0.15) is 29.4 Å². The van der Waals surface area contributed by atoms with E-state index >= 15 is 0 Å². The Morgan fingerprint density at radius 3 is 2.50 bits per heavy atom. The number of hydrogen-bond donors (Lipinski definition) is 1. The van der Waals surface area contributed by atoms with Gasteiger partial charge < -0.3 is 14.6 Å². The summed E-state index contributed by atoms with van der Waals surface area (Å²) in [4.78, 5) is 15.4. The Kier molecular flexibility index (Phi) is 4.72. The summed E-state index contributed by atoms with van der Waals surface area (Å²) in [7, 11) is 0. The van der Waals surface area contributed by atoms with Crippen LogP contribution in [-0.4, -0.2) is 16.1 Å². The molecule has 0 bridgehead atoms. The second kappa shape index (κ2) is 7.28. The topological polar surface area (TPSA) is 68.7 Å². The van der Waals surface area contributed by atoms with Crippen molar-refractivity contribution in [3.8, 4) is 17.2 Å². The Morgan fingerprint density at radius 2 is 1.79 bits per heavy atom. The van der Waals surface area contributed by atoms with E-state index in [-0.39, 0.29) is 17.9 Å². The number of rotatable bonds is 6. The zero-order chi connectivity index (χ0) is 16.8. The third kappa shape index (κ3) is 3.89. The molecule has 0 amide bonds. The number of nitrogens with zero attached hydrogens (tertiary/aromatic N) is 1. The smallest absolute Gasteiger partial charge is 0.339 e. The minimum atomic E-state index is -1.04. The maximum Gasteiger partial charge on any atom is 0.339 e. The minimum Gasteiger partial charge on any atom is -0.487 e. The highest BCUT2D eigenvalue weighted by Crippen LogP contribution is 2.27. The first-order valence-electron chi connectivity index (χ1n) is 7.34. The maximum atomic E-state index is 11.4. The van der Waals surface area contributed by atoms with Crippen LogP contribution in [0.5, 0.6) is 17.2 Å². The zero-order valence-corrected chi connectivity index (χ0v) is 12.8. The van der Waals surface area contributed by atoms with Crippen molar-refractivity contribution < 1.29 is 19.4 Å². The van der Waals surface area contributed by atoms with Crippen LogP contribution in [0.15, 0.2) is 73.1 Å². The average molecular weight is 321 g/mol. The van der Waals surface area contributed by atoms with Gasteiger partial charge in [-0.05, 0) is 42.0 Å². The number of pyridine rings is 1. The summed E-state index contributed by atoms with van der Waals surface area (Å²) in [6.07, 6.45) is 3.29. The molecule has 1 aromatic heterocycles. The Balaban J connectivity index is 1.81. The standard InChI is InChI=1S/C19H15NO4/c21-19(22)17-9-8-14(13-23-16-7-4-10-20-12-16)11-18(17)24-15-5-2-1-3-6-15/h1-12H,13H2,(H,21,22). The molecule has 1 heterocycles. The van der Waals surface area contributed by atoms with E-state index in [4.69, 9.17) is 9.47 Å². The van der Waals surface area contributed by atoms with E-state index in [9.17, 15) is 9.90 Å². The van der Waals surface area contributed by atoms with Crippen molar-refractivity contribution in [1.29, 1.82) is 0 Å². The molecule has 0 aliphatic carbocycles. The molecule has 0 spiro atoms. The molecule has 0 unspecified atom stereocenters. The van der Waals surface area contributed by atoms with Crippen LogP contribution in [-0.2, 0) is 6.61 Å². The molecule has 0 radical (unpaired) electrons. The monoisotopic (exact) mass is 321 g/mol. The highest BCUT2D eigenvalue weighted by atomic mass is 16.5. The molecule has 0 atom stereocenters. The van der Waals surface area contributed by atoms with E-state index in [2.05, 4.69) is 4.98 Å². The van der Waals surface area contributed by atoms with Crippen molar-refractivity contribution >= 4 is 5.97 Å². The van der Waals surface area contributed by atoms with Crippen molar-refractivity contribution in [2.24, 2.45) is 0 Å². The highest BCUT2D eigenvalue weighted by molar-refractivity contribution is 5.91. The van der Waals surface area contributed by atoms with Gasteiger partial charge in [0, 0.05) is 6.20 Å². The number of carboxylic acids is 1. The second-order valence-corrected chi connectivity index (χ2v) is 5.03. The molecular formula is C19H15NO4. The predicted molar refractivity (Wildman–Crippen MR) is 88.5 cm³/mol. The largest absolute Gasteiger partial charge is 0.487 e. The van der Waals surface area contributed by atoms with Crippen molar-refractivity contribution in [2.45, 2.75) is 6.61 Å². The SMILES string of the molecule is O=C(O)c1ccc(COc2cccnc2)cc1Oc1ccccc1. The summed E-state index contributed by atoms with van der Waals surface area (Å²) in [6.45, 7) is 0.288. The Morgan fingerprint density at radius 1 is 1.00 bits per heavy atom. The van der Waals surface area contributed by atoms with E-state index in [1.165, 1.54) is 6.07 Å². The lowest BCUT2D eigenvalue weighted by molar-refractivity contribution is 0.0694. The number of hydrogen-bond acceptors (Lipinski definition) is 4. The number of aromatic carboxylic acids is 1. The highest BCUT2D eigenvalue weighted by Gasteiger charge is 2.13. The van der Waals surface area contributed by atoms with Gasteiger partial charge in [0.15, 0.2) is 0 Å². The lowest BCUT2D eigenvalue weighted by Gasteiger charge is -2.11. The van der Waals surface area contributed by atoms with Gasteiger partial charge in [-0.1, -0.05) is 24.3 Å². The van der Waals surface area contributed by atoms with E-state index in [1.54, 1.807) is 48.8 Å². The van der Waals surface area contributed by atoms with Crippen LogP contribution in [0.1, 0.15) is 15.9 Å². The van der Waals surface area contributed by atoms with Gasteiger partial charge in [0.25, 0.3) is 0 Å². The first kappa shape index (κ1) is 15.6. The number of carboxylic acid groups (broad SMARTS) is 1. The summed E-state index contributed by atoms with van der Waals surface area (Å²) in [5, 5.41) is 9.32. The number of para-hydroxylation sites is 1. The number of aromatic nitrogens is 1. The molecule has 5 heteroatoms. The van der Waals surface area contributed by atoms with Crippen LogP contribution < -0.4 is 9.47 Å². The lowest BCUT2D eigenvalue weighted by Crippen LogP contribution is -2.02. The fraction of sp³-hybridized carbons (Fsp3) is 0.0526. The number of carbonyl (C=O) groups is 1. The molecule has 0 aliphatic rings. The number of ether oxygens (including phenoxy) is 2. The van der Waals surface area contributed by atoms with Gasteiger partial charge in [0.05, 0.1) is 6.20 Å². The van der Waals surface area contributed by atoms with E-state index in [0.29, 0.717) is 11.5 Å². The summed E-state index contributed by atoms with van der Waals surface area (Å²) in [6, 6.07) is 17.5. The van der Waals surface area contributed by atoms with Gasteiger partial charge >= 0.3 is 5.97 Å². The molecule has 0 fully saturated rings. The summed E-state index contributed by atoms with van der Waals surface area (Å²) in [5.41, 5.74) is 0.902. The molecule has 120 valence electrons. The first-order chi connectivity index (χ1) is 11.7. The van der Waals surface area contributed by atoms with Crippen LogP contribution >= 0.6 is 0 Å². The van der Waals surface area contributed by atoms with Crippen LogP contribution in [0, 0.1) is 0 Å².